The van der Waals surface area contributed by atoms with Crippen molar-refractivity contribution in [3.63, 3.8) is 0 Å². The molecule has 0 saturated heterocycles. The molecular weight excluding hydrogens is 250 g/mol. The first-order valence-electron chi connectivity index (χ1n) is 6.95. The van der Waals surface area contributed by atoms with E-state index in [9.17, 15) is 4.79 Å². The second-order valence-corrected chi connectivity index (χ2v) is 5.49. The van der Waals surface area contributed by atoms with Crippen molar-refractivity contribution in [3.05, 3.63) is 34.9 Å². The molecule has 0 radical (unpaired) electrons. The van der Waals surface area contributed by atoms with Crippen molar-refractivity contribution in [1.29, 1.82) is 0 Å². The smallest absolute Gasteiger partial charge is 0.251 e. The number of carbonyl (C=O) groups excluding carboxylic acids is 1. The third-order valence-electron chi connectivity index (χ3n) is 2.99. The second kappa shape index (κ2) is 7.72. The summed E-state index contributed by atoms with van der Waals surface area (Å²) in [5.74, 6) is 5.98. The number of hydrogen-bond acceptors (Lipinski definition) is 2. The largest absolute Gasteiger partial charge is 0.384 e. The van der Waals surface area contributed by atoms with E-state index in [-0.39, 0.29) is 18.6 Å². The van der Waals surface area contributed by atoms with Crippen LogP contribution in [0.15, 0.2) is 18.2 Å². The molecule has 2 N–H and O–H groups in total. The van der Waals surface area contributed by atoms with Crippen LogP contribution in [0.4, 0.5) is 0 Å². The average molecular weight is 273 g/mol. The van der Waals surface area contributed by atoms with Crippen LogP contribution in [-0.4, -0.2) is 23.7 Å². The van der Waals surface area contributed by atoms with E-state index in [1.807, 2.05) is 26.0 Å². The Morgan fingerprint density at radius 2 is 2.05 bits per heavy atom. The number of nitrogens with one attached hydrogen (secondary N) is 1. The minimum Gasteiger partial charge on any atom is -0.384 e. The third kappa shape index (κ3) is 5.07. The lowest BCUT2D eigenvalue weighted by atomic mass is 10.0. The molecule has 1 aromatic rings. The molecule has 1 rings (SSSR count). The Bertz CT molecular complexity index is 524. The lowest BCUT2D eigenvalue weighted by molar-refractivity contribution is 0.0936. The van der Waals surface area contributed by atoms with Gasteiger partial charge in [-0.2, -0.15) is 0 Å². The molecule has 1 atom stereocenters. The Morgan fingerprint density at radius 3 is 2.60 bits per heavy atom. The summed E-state index contributed by atoms with van der Waals surface area (Å²) in [6.45, 7) is 8.05. The molecule has 3 nitrogen and oxygen atoms in total. The summed E-state index contributed by atoms with van der Waals surface area (Å²) < 4.78 is 0. The average Bonchev–Trinajstić information content (AvgIpc) is 2.36. The molecule has 20 heavy (non-hydrogen) atoms. The predicted molar refractivity (Wildman–Crippen MR) is 81.5 cm³/mol. The van der Waals surface area contributed by atoms with Crippen LogP contribution in [-0.2, 0) is 0 Å². The molecule has 3 heteroatoms. The first kappa shape index (κ1) is 16.3. The van der Waals surface area contributed by atoms with Gasteiger partial charge in [-0.05, 0) is 49.9 Å². The van der Waals surface area contributed by atoms with Gasteiger partial charge >= 0.3 is 0 Å². The van der Waals surface area contributed by atoms with Gasteiger partial charge in [-0.3, -0.25) is 4.79 Å². The Morgan fingerprint density at radius 1 is 1.35 bits per heavy atom. The third-order valence-corrected chi connectivity index (χ3v) is 2.99. The highest BCUT2D eigenvalue weighted by Crippen LogP contribution is 2.11. The van der Waals surface area contributed by atoms with Crippen molar-refractivity contribution in [2.45, 2.75) is 40.2 Å². The molecule has 0 heterocycles. The van der Waals surface area contributed by atoms with Gasteiger partial charge in [-0.25, -0.2) is 0 Å². The molecule has 0 bridgehead atoms. The molecule has 1 unspecified atom stereocenters. The van der Waals surface area contributed by atoms with Gasteiger partial charge in [-0.1, -0.05) is 25.7 Å². The van der Waals surface area contributed by atoms with E-state index >= 15 is 0 Å². The van der Waals surface area contributed by atoms with Gasteiger partial charge < -0.3 is 10.4 Å². The molecule has 0 spiro atoms. The zero-order valence-corrected chi connectivity index (χ0v) is 12.7. The van der Waals surface area contributed by atoms with Crippen LogP contribution in [0.1, 0.15) is 48.7 Å². The van der Waals surface area contributed by atoms with Crippen LogP contribution in [0.5, 0.6) is 0 Å². The first-order chi connectivity index (χ1) is 9.43. The number of carbonyl (C=O) groups is 1. The van der Waals surface area contributed by atoms with Crippen molar-refractivity contribution in [2.75, 3.05) is 6.61 Å². The van der Waals surface area contributed by atoms with Crippen molar-refractivity contribution < 1.29 is 9.90 Å². The van der Waals surface area contributed by atoms with E-state index in [1.165, 1.54) is 0 Å². The van der Waals surface area contributed by atoms with Gasteiger partial charge in [0.1, 0.15) is 6.61 Å². The number of amides is 1. The molecule has 0 saturated carbocycles. The Balaban J connectivity index is 2.77. The van der Waals surface area contributed by atoms with Crippen LogP contribution in [0, 0.1) is 24.7 Å². The highest BCUT2D eigenvalue weighted by molar-refractivity contribution is 5.94. The van der Waals surface area contributed by atoms with Crippen LogP contribution in [0.3, 0.4) is 0 Å². The standard InChI is InChI=1S/C17H23NO2/c1-12(2)10-14(4)18-17(20)16-8-7-15(6-5-9-19)13(3)11-16/h7-8,11-12,14,19H,9-10H2,1-4H3,(H,18,20). The van der Waals surface area contributed by atoms with Crippen LogP contribution >= 0.6 is 0 Å². The van der Waals surface area contributed by atoms with Gasteiger partial charge in [0.15, 0.2) is 0 Å². The minimum atomic E-state index is -0.158. The summed E-state index contributed by atoms with van der Waals surface area (Å²) in [7, 11) is 0. The lowest BCUT2D eigenvalue weighted by Crippen LogP contribution is -2.33. The van der Waals surface area contributed by atoms with E-state index in [0.29, 0.717) is 11.5 Å². The number of benzene rings is 1. The summed E-state index contributed by atoms with van der Waals surface area (Å²) in [4.78, 5) is 12.1. The van der Waals surface area contributed by atoms with Crippen molar-refractivity contribution in [3.8, 4) is 11.8 Å². The van der Waals surface area contributed by atoms with Crippen LogP contribution in [0.2, 0.25) is 0 Å². The summed E-state index contributed by atoms with van der Waals surface area (Å²) in [5.41, 5.74) is 2.42. The fourth-order valence-electron chi connectivity index (χ4n) is 2.15. The van der Waals surface area contributed by atoms with Crippen molar-refractivity contribution in [2.24, 2.45) is 5.92 Å². The van der Waals surface area contributed by atoms with Gasteiger partial charge in [0.2, 0.25) is 0 Å². The van der Waals surface area contributed by atoms with E-state index in [4.69, 9.17) is 5.11 Å². The number of rotatable bonds is 4. The SMILES string of the molecule is Cc1cc(C(=O)NC(C)CC(C)C)ccc1C#CCO. The summed E-state index contributed by atoms with van der Waals surface area (Å²) in [6, 6.07) is 5.58. The first-order valence-corrected chi connectivity index (χ1v) is 6.95. The molecule has 108 valence electrons. The van der Waals surface area contributed by atoms with Crippen LogP contribution in [0.25, 0.3) is 0 Å². The van der Waals surface area contributed by atoms with E-state index in [0.717, 1.165) is 17.5 Å². The zero-order chi connectivity index (χ0) is 15.1. The Kier molecular flexibility index (Phi) is 6.27. The molecule has 0 aliphatic carbocycles. The minimum absolute atomic E-state index is 0.0529. The number of aryl methyl sites for hydroxylation is 1. The molecule has 1 aromatic carbocycles. The van der Waals surface area contributed by atoms with Crippen molar-refractivity contribution in [1.82, 2.24) is 5.32 Å². The maximum absolute atomic E-state index is 12.1. The maximum atomic E-state index is 12.1. The van der Waals surface area contributed by atoms with Gasteiger partial charge in [-0.15, -0.1) is 0 Å². The quantitative estimate of drug-likeness (QED) is 0.828. The van der Waals surface area contributed by atoms with Gasteiger partial charge in [0, 0.05) is 17.2 Å². The number of aliphatic hydroxyl groups is 1. The summed E-state index contributed by atoms with van der Waals surface area (Å²) in [6.07, 6.45) is 0.963. The number of aliphatic hydroxyl groups excluding tert-OH is 1. The Hall–Kier alpha value is -1.79. The fourth-order valence-corrected chi connectivity index (χ4v) is 2.15. The lowest BCUT2D eigenvalue weighted by Gasteiger charge is -2.16. The summed E-state index contributed by atoms with van der Waals surface area (Å²) in [5, 5.41) is 11.7. The zero-order valence-electron chi connectivity index (χ0n) is 12.7. The molecule has 1 amide bonds. The molecule has 0 aliphatic heterocycles. The number of hydrogen-bond donors (Lipinski definition) is 2. The van der Waals surface area contributed by atoms with Gasteiger partial charge in [0.05, 0.1) is 0 Å². The molecule has 0 fully saturated rings. The highest BCUT2D eigenvalue weighted by atomic mass is 16.2. The van der Waals surface area contributed by atoms with E-state index < -0.39 is 0 Å². The van der Waals surface area contributed by atoms with E-state index in [1.54, 1.807) is 6.07 Å². The fraction of sp³-hybridized carbons (Fsp3) is 0.471. The Labute approximate surface area is 121 Å². The second-order valence-electron chi connectivity index (χ2n) is 5.49. The maximum Gasteiger partial charge on any atom is 0.251 e. The topological polar surface area (TPSA) is 49.3 Å². The normalized spacial score (nSPS) is 11.7. The van der Waals surface area contributed by atoms with Crippen LogP contribution < -0.4 is 5.32 Å². The van der Waals surface area contributed by atoms with E-state index in [2.05, 4.69) is 31.0 Å². The predicted octanol–water partition coefficient (Wildman–Crippen LogP) is 2.50. The summed E-state index contributed by atoms with van der Waals surface area (Å²) >= 11 is 0. The molecule has 0 aliphatic rings. The molecular formula is C17H23NO2. The monoisotopic (exact) mass is 273 g/mol. The highest BCUT2D eigenvalue weighted by Gasteiger charge is 2.11. The van der Waals surface area contributed by atoms with Gasteiger partial charge in [0.25, 0.3) is 5.91 Å². The van der Waals surface area contributed by atoms with Crippen molar-refractivity contribution >= 4 is 5.91 Å². The molecule has 0 aromatic heterocycles.